The van der Waals surface area contributed by atoms with E-state index in [1.54, 1.807) is 18.5 Å². The van der Waals surface area contributed by atoms with Gasteiger partial charge in [0.2, 0.25) is 4.80 Å². The van der Waals surface area contributed by atoms with E-state index < -0.39 is 0 Å². The number of hydrogen-bond donors (Lipinski definition) is 0. The molecule has 3 aromatic rings. The molecule has 4 rings (SSSR count). The smallest absolute Gasteiger partial charge is 0.211 e. The highest BCUT2D eigenvalue weighted by Crippen LogP contribution is 2.31. The second-order valence-electron chi connectivity index (χ2n) is 6.83. The molecular weight excluding hydrogens is 411 g/mol. The molecule has 0 atom stereocenters. The largest absolute Gasteiger partial charge is 0.262 e. The number of aromatic nitrogens is 2. The van der Waals surface area contributed by atoms with E-state index in [0.717, 1.165) is 21.7 Å². The molecule has 4 nitrogen and oxygen atoms in total. The minimum absolute atomic E-state index is 0.515. The summed E-state index contributed by atoms with van der Waals surface area (Å²) in [4.78, 5) is 9.66. The predicted molar refractivity (Wildman–Crippen MR) is 118 cm³/mol. The Morgan fingerprint density at radius 1 is 1.14 bits per heavy atom. The molecule has 0 saturated heterocycles. The van der Waals surface area contributed by atoms with Gasteiger partial charge < -0.3 is 0 Å². The minimum Gasteiger partial charge on any atom is -0.262 e. The molecule has 1 aromatic carbocycles. The highest BCUT2D eigenvalue weighted by molar-refractivity contribution is 7.07. The van der Waals surface area contributed by atoms with Crippen molar-refractivity contribution < 1.29 is 0 Å². The molecule has 1 fully saturated rings. The highest BCUT2D eigenvalue weighted by Gasteiger charge is 2.14. The summed E-state index contributed by atoms with van der Waals surface area (Å²) in [5, 5.41) is 8.06. The van der Waals surface area contributed by atoms with Gasteiger partial charge in [-0.25, -0.2) is 9.67 Å². The first kappa shape index (κ1) is 19.4. The maximum Gasteiger partial charge on any atom is 0.211 e. The molecule has 2 aromatic heterocycles. The summed E-state index contributed by atoms with van der Waals surface area (Å²) in [6, 6.07) is 9.32. The Hall–Kier alpha value is -1.95. The van der Waals surface area contributed by atoms with E-state index in [2.05, 4.69) is 11.2 Å². The highest BCUT2D eigenvalue weighted by atomic mass is 35.5. The summed E-state index contributed by atoms with van der Waals surface area (Å²) in [7, 11) is 0. The lowest BCUT2D eigenvalue weighted by Crippen LogP contribution is -2.14. The second kappa shape index (κ2) is 9.03. The maximum absolute atomic E-state index is 6.47. The number of nitrogens with zero attached hydrogens (tertiary/aromatic N) is 4. The van der Waals surface area contributed by atoms with Crippen LogP contribution in [-0.2, 0) is 0 Å². The predicted octanol–water partition coefficient (Wildman–Crippen LogP) is 6.57. The Morgan fingerprint density at radius 3 is 2.75 bits per heavy atom. The van der Waals surface area contributed by atoms with Crippen LogP contribution in [-0.4, -0.2) is 15.9 Å². The Balaban J connectivity index is 1.80. The molecule has 0 radical (unpaired) electrons. The van der Waals surface area contributed by atoms with Gasteiger partial charge in [0, 0.05) is 28.4 Å². The van der Waals surface area contributed by atoms with Crippen molar-refractivity contribution in [1.82, 2.24) is 9.66 Å². The van der Waals surface area contributed by atoms with Crippen LogP contribution >= 0.6 is 34.5 Å². The van der Waals surface area contributed by atoms with Crippen molar-refractivity contribution in [1.29, 1.82) is 0 Å². The van der Waals surface area contributed by atoms with Crippen LogP contribution in [0, 0.1) is 5.92 Å². The first-order valence-corrected chi connectivity index (χ1v) is 11.0. The van der Waals surface area contributed by atoms with Gasteiger partial charge in [-0.15, -0.1) is 11.3 Å². The van der Waals surface area contributed by atoms with E-state index in [1.165, 1.54) is 43.4 Å². The van der Waals surface area contributed by atoms with Crippen molar-refractivity contribution >= 4 is 46.4 Å². The first-order valence-electron chi connectivity index (χ1n) is 9.36. The van der Waals surface area contributed by atoms with Crippen LogP contribution in [0.1, 0.15) is 32.1 Å². The molecule has 7 heteroatoms. The number of thiazole rings is 1. The van der Waals surface area contributed by atoms with Crippen LogP contribution in [0.5, 0.6) is 0 Å². The SMILES string of the molecule is Clc1ccc(-c2csc(=Nc3cccnc3)n2N=CC2CCCCC2)c(Cl)c1. The molecule has 0 aliphatic heterocycles. The van der Waals surface area contributed by atoms with Gasteiger partial charge in [0.05, 0.1) is 22.6 Å². The summed E-state index contributed by atoms with van der Waals surface area (Å²) in [5.74, 6) is 0.515. The van der Waals surface area contributed by atoms with Gasteiger partial charge in [0.25, 0.3) is 0 Å². The van der Waals surface area contributed by atoms with Gasteiger partial charge in [0.1, 0.15) is 0 Å². The Bertz CT molecular complexity index is 1030. The van der Waals surface area contributed by atoms with Crippen molar-refractivity contribution in [2.24, 2.45) is 16.0 Å². The number of pyridine rings is 1. The van der Waals surface area contributed by atoms with Gasteiger partial charge in [-0.1, -0.05) is 42.5 Å². The van der Waals surface area contributed by atoms with E-state index >= 15 is 0 Å². The molecule has 2 heterocycles. The lowest BCUT2D eigenvalue weighted by atomic mass is 9.90. The lowest BCUT2D eigenvalue weighted by molar-refractivity contribution is 0.443. The number of benzene rings is 1. The summed E-state index contributed by atoms with van der Waals surface area (Å²) in [6.45, 7) is 0. The summed E-state index contributed by atoms with van der Waals surface area (Å²) < 4.78 is 1.88. The molecule has 1 aliphatic carbocycles. The van der Waals surface area contributed by atoms with Crippen molar-refractivity contribution in [2.45, 2.75) is 32.1 Å². The second-order valence-corrected chi connectivity index (χ2v) is 8.51. The fourth-order valence-electron chi connectivity index (χ4n) is 3.35. The van der Waals surface area contributed by atoms with Gasteiger partial charge in [-0.05, 0) is 49.1 Å². The van der Waals surface area contributed by atoms with E-state index in [9.17, 15) is 0 Å². The van der Waals surface area contributed by atoms with Crippen molar-refractivity contribution in [3.63, 3.8) is 0 Å². The summed E-state index contributed by atoms with van der Waals surface area (Å²) >= 11 is 14.1. The Morgan fingerprint density at radius 2 is 2.00 bits per heavy atom. The van der Waals surface area contributed by atoms with Crippen LogP contribution in [0.4, 0.5) is 5.69 Å². The summed E-state index contributed by atoms with van der Waals surface area (Å²) in [5.41, 5.74) is 2.58. The summed E-state index contributed by atoms with van der Waals surface area (Å²) in [6.07, 6.45) is 11.8. The van der Waals surface area contributed by atoms with Gasteiger partial charge in [-0.2, -0.15) is 5.10 Å². The third-order valence-electron chi connectivity index (χ3n) is 4.81. The first-order chi connectivity index (χ1) is 13.7. The molecular formula is C21H20Cl2N4S. The van der Waals surface area contributed by atoms with E-state index in [4.69, 9.17) is 33.3 Å². The van der Waals surface area contributed by atoms with Crippen molar-refractivity contribution in [3.8, 4) is 11.3 Å². The van der Waals surface area contributed by atoms with E-state index in [-0.39, 0.29) is 0 Å². The molecule has 1 saturated carbocycles. The van der Waals surface area contributed by atoms with Crippen LogP contribution in [0.15, 0.2) is 58.2 Å². The Labute approximate surface area is 178 Å². The zero-order valence-electron chi connectivity index (χ0n) is 15.3. The zero-order valence-corrected chi connectivity index (χ0v) is 17.6. The lowest BCUT2D eigenvalue weighted by Gasteiger charge is -2.17. The van der Waals surface area contributed by atoms with Gasteiger partial charge in [-0.3, -0.25) is 4.98 Å². The molecule has 1 aliphatic rings. The number of halogens is 2. The average Bonchev–Trinajstić information content (AvgIpc) is 3.10. The van der Waals surface area contributed by atoms with Gasteiger partial charge >= 0.3 is 0 Å². The molecule has 0 bridgehead atoms. The molecule has 144 valence electrons. The number of rotatable bonds is 4. The van der Waals surface area contributed by atoms with Crippen LogP contribution in [0.25, 0.3) is 11.3 Å². The van der Waals surface area contributed by atoms with Crippen LogP contribution in [0.2, 0.25) is 10.0 Å². The van der Waals surface area contributed by atoms with Crippen LogP contribution < -0.4 is 4.80 Å². The normalized spacial score (nSPS) is 16.1. The minimum atomic E-state index is 0.515. The molecule has 28 heavy (non-hydrogen) atoms. The fraction of sp³-hybridized carbons (Fsp3) is 0.286. The molecule has 0 amide bonds. The average molecular weight is 431 g/mol. The van der Waals surface area contributed by atoms with Crippen LogP contribution in [0.3, 0.4) is 0 Å². The van der Waals surface area contributed by atoms with E-state index in [1.807, 2.05) is 34.3 Å². The number of hydrogen-bond acceptors (Lipinski definition) is 4. The molecule has 0 unspecified atom stereocenters. The zero-order chi connectivity index (χ0) is 19.3. The maximum atomic E-state index is 6.47. The third-order valence-corrected chi connectivity index (χ3v) is 6.17. The Kier molecular flexibility index (Phi) is 6.25. The van der Waals surface area contributed by atoms with Crippen molar-refractivity contribution in [3.05, 3.63) is 63.0 Å². The van der Waals surface area contributed by atoms with E-state index in [0.29, 0.717) is 16.0 Å². The fourth-order valence-corrected chi connectivity index (χ4v) is 4.70. The van der Waals surface area contributed by atoms with Gasteiger partial charge in [0.15, 0.2) is 0 Å². The third kappa shape index (κ3) is 4.54. The topological polar surface area (TPSA) is 42.5 Å². The monoisotopic (exact) mass is 430 g/mol. The standard InChI is InChI=1S/C21H20Cl2N4S/c22-16-8-9-18(19(23)11-16)20-14-28-21(26-17-7-4-10-24-13-17)27(20)25-12-15-5-2-1-3-6-15/h4,7-15H,1-3,5-6H2. The quantitative estimate of drug-likeness (QED) is 0.431. The van der Waals surface area contributed by atoms with Crippen molar-refractivity contribution in [2.75, 3.05) is 0 Å². The molecule has 0 N–H and O–H groups in total. The molecule has 0 spiro atoms.